The summed E-state index contributed by atoms with van der Waals surface area (Å²) in [6.45, 7) is 7.89. The number of halogens is 2. The monoisotopic (exact) mass is 308 g/mol. The summed E-state index contributed by atoms with van der Waals surface area (Å²) in [4.78, 5) is 0. The standard InChI is InChI=1S/C14H27O.Al.2ClH/c1-5-6-9-15-14-10-12(4)7-8-13(14)11(2)3;;;/h11-14H,1,5-10H2,2-4H3;;2*1H/q;+2;;/p-2. The lowest BCUT2D eigenvalue weighted by atomic mass is 9.75. The highest BCUT2D eigenvalue weighted by atomic mass is 35.7. The Hall–Kier alpha value is 1.07. The number of unbranched alkanes of at least 4 members (excludes halogenated alkanes) is 1. The first kappa shape index (κ1) is 17.1. The molecule has 1 aliphatic rings. The first-order valence-electron chi connectivity index (χ1n) is 7.40. The van der Waals surface area contributed by atoms with Crippen molar-refractivity contribution in [1.29, 1.82) is 0 Å². The molecule has 0 aromatic rings. The van der Waals surface area contributed by atoms with Crippen LogP contribution in [-0.2, 0) is 4.74 Å². The molecule has 0 aromatic heterocycles. The lowest BCUT2D eigenvalue weighted by Gasteiger charge is -2.37. The van der Waals surface area contributed by atoms with Gasteiger partial charge in [0.05, 0.1) is 6.10 Å². The summed E-state index contributed by atoms with van der Waals surface area (Å²) in [5.74, 6) is 2.32. The molecule has 106 valence electrons. The average Bonchev–Trinajstić information content (AvgIpc) is 2.27. The summed E-state index contributed by atoms with van der Waals surface area (Å²) >= 11 is -1.40. The third-order valence-corrected chi connectivity index (χ3v) is 6.26. The van der Waals surface area contributed by atoms with Crippen molar-refractivity contribution in [1.82, 2.24) is 0 Å². The number of hydrogen-bond donors (Lipinski definition) is 0. The van der Waals surface area contributed by atoms with Gasteiger partial charge in [0.15, 0.2) is 0 Å². The number of hydrogen-bond acceptors (Lipinski definition) is 1. The Morgan fingerprint density at radius 3 is 2.56 bits per heavy atom. The number of ether oxygens (including phenoxy) is 1. The van der Waals surface area contributed by atoms with E-state index in [1.807, 2.05) is 0 Å². The molecule has 0 aliphatic heterocycles. The van der Waals surface area contributed by atoms with Crippen LogP contribution in [0.15, 0.2) is 0 Å². The first-order valence-corrected chi connectivity index (χ1v) is 11.7. The third kappa shape index (κ3) is 6.49. The van der Waals surface area contributed by atoms with Crippen LogP contribution in [0.4, 0.5) is 0 Å². The molecule has 0 spiro atoms. The largest absolute Gasteiger partial charge is 0.519 e. The van der Waals surface area contributed by atoms with Crippen molar-refractivity contribution in [3.63, 3.8) is 0 Å². The van der Waals surface area contributed by atoms with Gasteiger partial charge in [0, 0.05) is 6.61 Å². The van der Waals surface area contributed by atoms with E-state index < -0.39 is 12.3 Å². The van der Waals surface area contributed by atoms with Gasteiger partial charge in [0.25, 0.3) is 0 Å². The van der Waals surface area contributed by atoms with Crippen molar-refractivity contribution < 1.29 is 4.74 Å². The molecule has 1 rings (SSSR count). The molecule has 0 N–H and O–H groups in total. The van der Waals surface area contributed by atoms with Gasteiger partial charge >= 0.3 is 12.3 Å². The Bertz CT molecular complexity index is 224. The quantitative estimate of drug-likeness (QED) is 0.463. The normalized spacial score (nSPS) is 28.7. The predicted octanol–water partition coefficient (Wildman–Crippen LogP) is 5.21. The Kier molecular flexibility index (Phi) is 8.65. The van der Waals surface area contributed by atoms with Crippen LogP contribution in [-0.4, -0.2) is 25.0 Å². The minimum Gasteiger partial charge on any atom is -0.378 e. The molecule has 0 saturated heterocycles. The molecule has 0 radical (unpaired) electrons. The maximum absolute atomic E-state index is 6.14. The van der Waals surface area contributed by atoms with Gasteiger partial charge in [0.1, 0.15) is 0 Å². The summed E-state index contributed by atoms with van der Waals surface area (Å²) in [5, 5.41) is 1.02. The van der Waals surface area contributed by atoms with Gasteiger partial charge in [-0.15, -0.1) is 0 Å². The van der Waals surface area contributed by atoms with Crippen molar-refractivity contribution in [3.05, 3.63) is 0 Å². The van der Waals surface area contributed by atoms with Gasteiger partial charge in [-0.1, -0.05) is 38.9 Å². The summed E-state index contributed by atoms with van der Waals surface area (Å²) in [5.41, 5.74) is 0. The van der Waals surface area contributed by atoms with Crippen molar-refractivity contribution in [2.45, 2.75) is 64.3 Å². The second-order valence-electron chi connectivity index (χ2n) is 6.12. The molecular formula is C14H27AlCl2O. The maximum atomic E-state index is 6.14. The third-order valence-electron chi connectivity index (χ3n) is 4.11. The molecule has 4 heteroatoms. The lowest BCUT2D eigenvalue weighted by molar-refractivity contribution is -0.0390. The molecule has 0 heterocycles. The highest BCUT2D eigenvalue weighted by Crippen LogP contribution is 2.35. The zero-order chi connectivity index (χ0) is 13.5. The molecule has 0 aromatic carbocycles. The summed E-state index contributed by atoms with van der Waals surface area (Å²) in [7, 11) is 11.7. The minimum absolute atomic E-state index is 0.480. The second-order valence-corrected chi connectivity index (χ2v) is 11.3. The Morgan fingerprint density at radius 1 is 1.22 bits per heavy atom. The highest BCUT2D eigenvalue weighted by molar-refractivity contribution is 7.33. The van der Waals surface area contributed by atoms with Crippen molar-refractivity contribution >= 4 is 32.4 Å². The average molecular weight is 309 g/mol. The summed E-state index contributed by atoms with van der Waals surface area (Å²) in [6, 6.07) is 0. The summed E-state index contributed by atoms with van der Waals surface area (Å²) in [6.07, 6.45) is 6.66. The zero-order valence-electron chi connectivity index (χ0n) is 12.0. The van der Waals surface area contributed by atoms with Crippen LogP contribution < -0.4 is 0 Å². The van der Waals surface area contributed by atoms with E-state index in [1.165, 1.54) is 19.3 Å². The molecule has 3 unspecified atom stereocenters. The topological polar surface area (TPSA) is 9.23 Å². The fourth-order valence-electron chi connectivity index (χ4n) is 2.94. The molecule has 0 amide bonds. The van der Waals surface area contributed by atoms with Crippen LogP contribution in [0.25, 0.3) is 0 Å². The van der Waals surface area contributed by atoms with E-state index in [-0.39, 0.29) is 0 Å². The molecule has 1 saturated carbocycles. The zero-order valence-corrected chi connectivity index (χ0v) is 14.7. The van der Waals surface area contributed by atoms with Crippen molar-refractivity contribution in [3.8, 4) is 0 Å². The Labute approximate surface area is 125 Å². The molecule has 18 heavy (non-hydrogen) atoms. The van der Waals surface area contributed by atoms with Crippen LogP contribution in [0.1, 0.15) is 52.9 Å². The van der Waals surface area contributed by atoms with Crippen LogP contribution in [0, 0.1) is 17.8 Å². The van der Waals surface area contributed by atoms with Gasteiger partial charge in [-0.25, -0.2) is 20.1 Å². The van der Waals surface area contributed by atoms with E-state index in [4.69, 9.17) is 24.8 Å². The fraction of sp³-hybridized carbons (Fsp3) is 1.00. The highest BCUT2D eigenvalue weighted by Gasteiger charge is 2.31. The van der Waals surface area contributed by atoms with E-state index in [9.17, 15) is 0 Å². The molecule has 1 nitrogen and oxygen atoms in total. The smallest absolute Gasteiger partial charge is 0.378 e. The molecular weight excluding hydrogens is 282 g/mol. The van der Waals surface area contributed by atoms with E-state index >= 15 is 0 Å². The van der Waals surface area contributed by atoms with Gasteiger partial charge < -0.3 is 4.74 Å². The van der Waals surface area contributed by atoms with Crippen LogP contribution >= 0.6 is 20.1 Å². The summed E-state index contributed by atoms with van der Waals surface area (Å²) < 4.78 is 6.14. The Balaban J connectivity index is 2.24. The van der Waals surface area contributed by atoms with Gasteiger partial charge in [-0.2, -0.15) is 0 Å². The van der Waals surface area contributed by atoms with E-state index in [0.717, 1.165) is 42.5 Å². The Morgan fingerprint density at radius 2 is 1.94 bits per heavy atom. The lowest BCUT2D eigenvalue weighted by Crippen LogP contribution is -2.34. The molecule has 1 fully saturated rings. The predicted molar refractivity (Wildman–Crippen MR) is 82.6 cm³/mol. The maximum Gasteiger partial charge on any atom is 0.519 e. The number of rotatable bonds is 7. The minimum atomic E-state index is -1.40. The second kappa shape index (κ2) is 9.09. The SMILES string of the molecule is CC1CCC(C(C)C)C(OCCC[CH2][Al]([Cl])[Cl])C1. The van der Waals surface area contributed by atoms with Gasteiger partial charge in [-0.05, 0) is 37.0 Å². The van der Waals surface area contributed by atoms with Crippen molar-refractivity contribution in [2.24, 2.45) is 17.8 Å². The van der Waals surface area contributed by atoms with Crippen LogP contribution in [0.2, 0.25) is 5.28 Å². The van der Waals surface area contributed by atoms with Crippen LogP contribution in [0.5, 0.6) is 0 Å². The van der Waals surface area contributed by atoms with E-state index in [0.29, 0.717) is 6.10 Å². The molecule has 0 bridgehead atoms. The van der Waals surface area contributed by atoms with Gasteiger partial charge in [0.2, 0.25) is 0 Å². The molecule has 3 atom stereocenters. The van der Waals surface area contributed by atoms with Crippen molar-refractivity contribution in [2.75, 3.05) is 6.61 Å². The van der Waals surface area contributed by atoms with E-state index in [1.54, 1.807) is 0 Å². The molecule has 1 aliphatic carbocycles. The van der Waals surface area contributed by atoms with E-state index in [2.05, 4.69) is 20.8 Å². The van der Waals surface area contributed by atoms with Crippen LogP contribution in [0.3, 0.4) is 0 Å². The fourth-order valence-corrected chi connectivity index (χ4v) is 4.46. The first-order chi connectivity index (χ1) is 8.50. The van der Waals surface area contributed by atoms with Gasteiger partial charge in [-0.3, -0.25) is 0 Å².